The summed E-state index contributed by atoms with van der Waals surface area (Å²) < 4.78 is 10.7. The molecule has 1 aromatic heterocycles. The summed E-state index contributed by atoms with van der Waals surface area (Å²) >= 11 is 0. The molecule has 6 nitrogen and oxygen atoms in total. The van der Waals surface area contributed by atoms with E-state index in [-0.39, 0.29) is 24.0 Å². The van der Waals surface area contributed by atoms with Gasteiger partial charge in [0.2, 0.25) is 0 Å². The van der Waals surface area contributed by atoms with Gasteiger partial charge >= 0.3 is 0 Å². The third kappa shape index (κ3) is 6.29. The van der Waals surface area contributed by atoms with E-state index in [9.17, 15) is 0 Å². The fourth-order valence-corrected chi connectivity index (χ4v) is 3.33. The lowest BCUT2D eigenvalue weighted by molar-refractivity contribution is 0.354. The van der Waals surface area contributed by atoms with Crippen molar-refractivity contribution in [3.8, 4) is 11.5 Å². The number of benzene rings is 2. The number of methoxy groups -OCH3 is 2. The van der Waals surface area contributed by atoms with Crippen LogP contribution in [-0.2, 0) is 12.8 Å². The van der Waals surface area contributed by atoms with E-state index in [4.69, 9.17) is 14.5 Å². The van der Waals surface area contributed by atoms with E-state index in [1.54, 1.807) is 14.2 Å². The first kappa shape index (κ1) is 23.9. The Hall–Kier alpha value is -2.42. The topological polar surface area (TPSA) is 70.7 Å². The SMILES string of the molecule is CCNC(=NCCc1c[nH]c2ccccc12)NCCc1ccc(OC)c(OC)c1.I. The summed E-state index contributed by atoms with van der Waals surface area (Å²) in [6, 6.07) is 14.4. The normalized spacial score (nSPS) is 11.1. The molecule has 0 radical (unpaired) electrons. The number of aromatic amines is 1. The number of ether oxygens (including phenoxy) is 2. The van der Waals surface area contributed by atoms with Crippen molar-refractivity contribution >= 4 is 40.8 Å². The standard InChI is InChI=1S/C23H30N4O2.HI/c1-4-24-23(25-13-11-17-9-10-21(28-2)22(15-17)29-3)26-14-12-18-16-27-20-8-6-5-7-19(18)20;/h5-10,15-16,27H,4,11-14H2,1-3H3,(H2,24,25,26);1H. The van der Waals surface area contributed by atoms with Gasteiger partial charge in [0, 0.05) is 36.7 Å². The highest BCUT2D eigenvalue weighted by atomic mass is 127. The lowest BCUT2D eigenvalue weighted by atomic mass is 10.1. The molecule has 3 N–H and O–H groups in total. The maximum Gasteiger partial charge on any atom is 0.191 e. The first-order chi connectivity index (χ1) is 14.2. The van der Waals surface area contributed by atoms with Crippen LogP contribution in [0.5, 0.6) is 11.5 Å². The molecular weight excluding hydrogens is 491 g/mol. The molecular formula is C23H31IN4O2. The van der Waals surface area contributed by atoms with Gasteiger partial charge in [-0.2, -0.15) is 0 Å². The van der Waals surface area contributed by atoms with Gasteiger partial charge in [-0.25, -0.2) is 0 Å². The van der Waals surface area contributed by atoms with Crippen molar-refractivity contribution in [3.63, 3.8) is 0 Å². The Labute approximate surface area is 195 Å². The van der Waals surface area contributed by atoms with Crippen LogP contribution >= 0.6 is 24.0 Å². The summed E-state index contributed by atoms with van der Waals surface area (Å²) in [5.41, 5.74) is 3.65. The van der Waals surface area contributed by atoms with E-state index < -0.39 is 0 Å². The molecule has 0 amide bonds. The first-order valence-corrected chi connectivity index (χ1v) is 10.0. The maximum atomic E-state index is 5.38. The lowest BCUT2D eigenvalue weighted by Gasteiger charge is -2.12. The summed E-state index contributed by atoms with van der Waals surface area (Å²) in [5.74, 6) is 2.34. The van der Waals surface area contributed by atoms with Crippen LogP contribution in [0.25, 0.3) is 10.9 Å². The summed E-state index contributed by atoms with van der Waals surface area (Å²) in [6.45, 7) is 4.42. The van der Waals surface area contributed by atoms with E-state index in [0.717, 1.165) is 49.9 Å². The maximum absolute atomic E-state index is 5.38. The molecule has 0 fully saturated rings. The molecule has 0 unspecified atom stereocenters. The molecule has 0 aliphatic heterocycles. The zero-order valence-electron chi connectivity index (χ0n) is 17.8. The number of rotatable bonds is 9. The van der Waals surface area contributed by atoms with Crippen LogP contribution in [0.3, 0.4) is 0 Å². The number of guanidine groups is 1. The highest BCUT2D eigenvalue weighted by molar-refractivity contribution is 14.0. The predicted octanol–water partition coefficient (Wildman–Crippen LogP) is 4.14. The number of aromatic nitrogens is 1. The third-order valence-electron chi connectivity index (χ3n) is 4.82. The number of fused-ring (bicyclic) bond motifs is 1. The van der Waals surface area contributed by atoms with Crippen LogP contribution in [0.2, 0.25) is 0 Å². The minimum absolute atomic E-state index is 0. The van der Waals surface area contributed by atoms with E-state index in [1.807, 2.05) is 18.2 Å². The number of hydrogen-bond donors (Lipinski definition) is 3. The molecule has 0 atom stereocenters. The van der Waals surface area contributed by atoms with Crippen LogP contribution in [-0.4, -0.2) is 44.8 Å². The number of para-hydroxylation sites is 1. The summed E-state index contributed by atoms with van der Waals surface area (Å²) in [7, 11) is 3.30. The fraction of sp³-hybridized carbons (Fsp3) is 0.348. The van der Waals surface area contributed by atoms with Gasteiger partial charge in [0.05, 0.1) is 14.2 Å². The van der Waals surface area contributed by atoms with E-state index >= 15 is 0 Å². The number of H-pyrrole nitrogens is 1. The van der Waals surface area contributed by atoms with Crippen molar-refractivity contribution in [1.29, 1.82) is 0 Å². The monoisotopic (exact) mass is 522 g/mol. The first-order valence-electron chi connectivity index (χ1n) is 10.0. The minimum Gasteiger partial charge on any atom is -0.493 e. The average Bonchev–Trinajstić information content (AvgIpc) is 3.17. The van der Waals surface area contributed by atoms with Crippen LogP contribution in [0, 0.1) is 0 Å². The van der Waals surface area contributed by atoms with Crippen LogP contribution in [0.4, 0.5) is 0 Å². The molecule has 0 spiro atoms. The number of nitrogens with one attached hydrogen (secondary N) is 3. The largest absolute Gasteiger partial charge is 0.493 e. The second-order valence-electron chi connectivity index (χ2n) is 6.74. The second kappa shape index (κ2) is 12.3. The van der Waals surface area contributed by atoms with Crippen molar-refractivity contribution in [2.24, 2.45) is 4.99 Å². The van der Waals surface area contributed by atoms with Crippen LogP contribution < -0.4 is 20.1 Å². The minimum atomic E-state index is 0. The number of nitrogens with zero attached hydrogens (tertiary/aromatic N) is 1. The smallest absolute Gasteiger partial charge is 0.191 e. The Bertz CT molecular complexity index is 955. The zero-order valence-corrected chi connectivity index (χ0v) is 20.2. The molecule has 0 saturated heterocycles. The van der Waals surface area contributed by atoms with Gasteiger partial charge in [-0.15, -0.1) is 24.0 Å². The molecule has 7 heteroatoms. The summed E-state index contributed by atoms with van der Waals surface area (Å²) in [6.07, 6.45) is 3.85. The Kier molecular flexibility index (Phi) is 9.79. The Morgan fingerprint density at radius 3 is 2.57 bits per heavy atom. The molecule has 3 aromatic rings. The average molecular weight is 522 g/mol. The summed E-state index contributed by atoms with van der Waals surface area (Å²) in [5, 5.41) is 8.00. The van der Waals surface area contributed by atoms with Gasteiger partial charge in [-0.1, -0.05) is 24.3 Å². The molecule has 0 saturated carbocycles. The van der Waals surface area contributed by atoms with E-state index in [0.29, 0.717) is 0 Å². The fourth-order valence-electron chi connectivity index (χ4n) is 3.33. The van der Waals surface area contributed by atoms with Gasteiger partial charge in [0.15, 0.2) is 17.5 Å². The quantitative estimate of drug-likeness (QED) is 0.225. The van der Waals surface area contributed by atoms with Crippen molar-refractivity contribution in [2.45, 2.75) is 19.8 Å². The van der Waals surface area contributed by atoms with Gasteiger partial charge in [-0.05, 0) is 49.1 Å². The molecule has 0 bridgehead atoms. The zero-order chi connectivity index (χ0) is 20.5. The molecule has 30 heavy (non-hydrogen) atoms. The van der Waals surface area contributed by atoms with Gasteiger partial charge in [0.25, 0.3) is 0 Å². The van der Waals surface area contributed by atoms with Gasteiger partial charge in [-0.3, -0.25) is 4.99 Å². The predicted molar refractivity (Wildman–Crippen MR) is 135 cm³/mol. The number of hydrogen-bond acceptors (Lipinski definition) is 3. The van der Waals surface area contributed by atoms with Crippen molar-refractivity contribution in [1.82, 2.24) is 15.6 Å². The van der Waals surface area contributed by atoms with Crippen molar-refractivity contribution in [2.75, 3.05) is 33.9 Å². The van der Waals surface area contributed by atoms with Gasteiger partial charge < -0.3 is 25.1 Å². The molecule has 0 aliphatic rings. The second-order valence-corrected chi connectivity index (χ2v) is 6.74. The highest BCUT2D eigenvalue weighted by Crippen LogP contribution is 2.27. The van der Waals surface area contributed by atoms with Crippen LogP contribution in [0.15, 0.2) is 53.7 Å². The Morgan fingerprint density at radius 2 is 1.80 bits per heavy atom. The van der Waals surface area contributed by atoms with Crippen molar-refractivity contribution < 1.29 is 9.47 Å². The van der Waals surface area contributed by atoms with Gasteiger partial charge in [0.1, 0.15) is 0 Å². The van der Waals surface area contributed by atoms with Crippen molar-refractivity contribution in [3.05, 3.63) is 59.8 Å². The van der Waals surface area contributed by atoms with Crippen LogP contribution in [0.1, 0.15) is 18.1 Å². The Balaban J connectivity index is 0.00000320. The Morgan fingerprint density at radius 1 is 1.00 bits per heavy atom. The van der Waals surface area contributed by atoms with E-state index in [2.05, 4.69) is 53.0 Å². The molecule has 3 rings (SSSR count). The lowest BCUT2D eigenvalue weighted by Crippen LogP contribution is -2.38. The molecule has 1 heterocycles. The number of aliphatic imine (C=N–C) groups is 1. The molecule has 0 aliphatic carbocycles. The third-order valence-corrected chi connectivity index (χ3v) is 4.82. The molecule has 2 aromatic carbocycles. The van der Waals surface area contributed by atoms with E-state index in [1.165, 1.54) is 22.0 Å². The molecule has 162 valence electrons. The summed E-state index contributed by atoms with van der Waals surface area (Å²) in [4.78, 5) is 8.05. The number of halogens is 1. The highest BCUT2D eigenvalue weighted by Gasteiger charge is 2.06.